The second-order valence-corrected chi connectivity index (χ2v) is 22.0. The number of primary amides is 1. The fourth-order valence-electron chi connectivity index (χ4n) is 9.05. The molecule has 1 aromatic heterocycles. The van der Waals surface area contributed by atoms with E-state index in [1.807, 2.05) is 13.8 Å². The highest BCUT2D eigenvalue weighted by atomic mass is 32.1. The lowest BCUT2D eigenvalue weighted by Gasteiger charge is -2.29. The number of hydrogen-bond acceptors (Lipinski definition) is 19. The van der Waals surface area contributed by atoms with E-state index in [9.17, 15) is 53.1 Å². The number of nitrogens with one attached hydrogen (secondary N) is 10. The number of thiol groups is 1. The van der Waals surface area contributed by atoms with Gasteiger partial charge in [-0.15, -0.1) is 0 Å². The number of hydrogen-bond donors (Lipinski definition) is 19. The number of carbonyl (C=O) groups excluding carboxylic acids is 10. The van der Waals surface area contributed by atoms with Gasteiger partial charge in [-0.2, -0.15) is 12.6 Å². The molecule has 0 radical (unpaired) electrons. The lowest BCUT2D eigenvalue weighted by atomic mass is 10.00. The zero-order valence-electron chi connectivity index (χ0n) is 49.9. The van der Waals surface area contributed by atoms with Gasteiger partial charge < -0.3 is 98.1 Å². The molecule has 86 heavy (non-hydrogen) atoms. The van der Waals surface area contributed by atoms with Crippen molar-refractivity contribution < 1.29 is 53.1 Å². The van der Waals surface area contributed by atoms with Crippen LogP contribution in [-0.4, -0.2) is 174 Å². The summed E-state index contributed by atoms with van der Waals surface area (Å²) in [5.41, 5.74) is 40.9. The van der Waals surface area contributed by atoms with Gasteiger partial charge in [0, 0.05) is 30.5 Å². The van der Waals surface area contributed by atoms with Crippen LogP contribution in [-0.2, 0) is 60.8 Å². The maximum atomic E-state index is 14.7. The normalized spacial score (nSPS) is 14.3. The van der Waals surface area contributed by atoms with E-state index in [-0.39, 0.29) is 95.0 Å². The maximum Gasteiger partial charge on any atom is 0.243 e. The first kappa shape index (κ1) is 75.1. The van der Waals surface area contributed by atoms with Crippen molar-refractivity contribution in [2.45, 2.75) is 184 Å². The standard InChI is InChI=1S/C56H98N18O11S/c1-34(2)27-43(54(83)69-42(17-7-12-26-61)53(82)73-45(29-36-31-64-33-65-36)56(85)74-46(32-86)48(63)77)71-51(80)41(16-6-11-25-60)70-55(84)44(28-35-18-20-37(75)21-19-35)72-52(81)40(15-5-10-24-59)68-50(79)39(14-4-9-23-58)67-49(78)38(13-3-8-22-57)66-47(76)30-62/h18-21,31,33-34,38-46,75,86H,3-17,22-30,32,57-62H2,1-2H3,(H2,63,77)(H,64,65)(H,66,76)(H,67,78)(H,68,79)(H,69,83)(H,70,84)(H,71,80)(H,72,81)(H,73,82)(H,74,85). The number of aromatic amines is 1. The van der Waals surface area contributed by atoms with Crippen molar-refractivity contribution >= 4 is 71.7 Å². The molecule has 0 aliphatic heterocycles. The minimum atomic E-state index is -1.42. The first-order valence-corrected chi connectivity index (χ1v) is 30.4. The summed E-state index contributed by atoms with van der Waals surface area (Å²) in [6, 6.07) is -5.41. The highest BCUT2D eigenvalue weighted by Gasteiger charge is 2.36. The van der Waals surface area contributed by atoms with Crippen molar-refractivity contribution in [2.24, 2.45) is 46.1 Å². The number of benzene rings is 1. The van der Waals surface area contributed by atoms with Crippen molar-refractivity contribution in [3.8, 4) is 5.75 Å². The molecule has 29 nitrogen and oxygen atoms in total. The molecule has 30 heteroatoms. The number of rotatable bonds is 46. The molecular weight excluding hydrogens is 1130 g/mol. The average Bonchev–Trinajstić information content (AvgIpc) is 3.68. The van der Waals surface area contributed by atoms with Crippen LogP contribution in [0.5, 0.6) is 5.75 Å². The van der Waals surface area contributed by atoms with Crippen LogP contribution in [0.4, 0.5) is 0 Å². The number of H-pyrrole nitrogens is 1. The molecule has 1 aromatic carbocycles. The Morgan fingerprint density at radius 2 is 0.791 bits per heavy atom. The van der Waals surface area contributed by atoms with Crippen LogP contribution >= 0.6 is 12.6 Å². The average molecular weight is 1230 g/mol. The number of unbranched alkanes of at least 4 members (excludes halogenated alkanes) is 5. The Labute approximate surface area is 509 Å². The summed E-state index contributed by atoms with van der Waals surface area (Å²) in [5, 5.41) is 34.5. The van der Waals surface area contributed by atoms with Crippen LogP contribution in [0.1, 0.15) is 128 Å². The van der Waals surface area contributed by atoms with E-state index in [1.165, 1.54) is 36.8 Å². The molecule has 0 spiro atoms. The van der Waals surface area contributed by atoms with Gasteiger partial charge in [-0.25, -0.2) is 4.98 Å². The van der Waals surface area contributed by atoms with Crippen LogP contribution in [0.25, 0.3) is 0 Å². The van der Waals surface area contributed by atoms with E-state index in [0.717, 1.165) is 0 Å². The lowest BCUT2D eigenvalue weighted by Crippen LogP contribution is -2.61. The topological polar surface area (TPSA) is 510 Å². The number of nitrogens with two attached hydrogens (primary N) is 7. The first-order valence-electron chi connectivity index (χ1n) is 29.7. The monoisotopic (exact) mass is 1230 g/mol. The van der Waals surface area contributed by atoms with Crippen molar-refractivity contribution in [2.75, 3.05) is 45.0 Å². The Kier molecular flexibility index (Phi) is 37.4. The summed E-state index contributed by atoms with van der Waals surface area (Å²) in [7, 11) is 0. The van der Waals surface area contributed by atoms with Crippen molar-refractivity contribution in [3.63, 3.8) is 0 Å². The molecule has 0 fully saturated rings. The Morgan fingerprint density at radius 1 is 0.465 bits per heavy atom. The van der Waals surface area contributed by atoms with E-state index >= 15 is 0 Å². The van der Waals surface area contributed by atoms with E-state index in [0.29, 0.717) is 88.6 Å². The molecule has 10 amide bonds. The zero-order chi connectivity index (χ0) is 64.0. The lowest BCUT2D eigenvalue weighted by molar-refractivity contribution is -0.136. The van der Waals surface area contributed by atoms with Gasteiger partial charge in [0.2, 0.25) is 59.1 Å². The van der Waals surface area contributed by atoms with Crippen LogP contribution < -0.4 is 88.0 Å². The quantitative estimate of drug-likeness (QED) is 0.0224. The van der Waals surface area contributed by atoms with Gasteiger partial charge in [0.05, 0.1) is 12.9 Å². The summed E-state index contributed by atoms with van der Waals surface area (Å²) in [6.07, 6.45) is 7.49. The molecule has 0 aliphatic rings. The predicted molar refractivity (Wildman–Crippen MR) is 328 cm³/mol. The van der Waals surface area contributed by atoms with E-state index in [4.69, 9.17) is 40.1 Å². The summed E-state index contributed by atoms with van der Waals surface area (Å²) in [6.45, 7) is 4.67. The van der Waals surface area contributed by atoms with Gasteiger partial charge >= 0.3 is 0 Å². The predicted octanol–water partition coefficient (Wildman–Crippen LogP) is -3.67. The van der Waals surface area contributed by atoms with Crippen molar-refractivity contribution in [3.05, 3.63) is 48.0 Å². The first-order chi connectivity index (χ1) is 41.1. The molecule has 2 rings (SSSR count). The van der Waals surface area contributed by atoms with Gasteiger partial charge in [0.25, 0.3) is 0 Å². The smallest absolute Gasteiger partial charge is 0.243 e. The van der Waals surface area contributed by atoms with E-state index in [2.05, 4.69) is 70.4 Å². The highest BCUT2D eigenvalue weighted by Crippen LogP contribution is 2.15. The van der Waals surface area contributed by atoms with Crippen molar-refractivity contribution in [1.82, 2.24) is 57.8 Å². The van der Waals surface area contributed by atoms with Crippen LogP contribution in [0.15, 0.2) is 36.8 Å². The van der Waals surface area contributed by atoms with E-state index in [1.54, 1.807) is 0 Å². The number of aromatic nitrogens is 2. The number of amides is 10. The molecule has 0 bridgehead atoms. The maximum absolute atomic E-state index is 14.7. The van der Waals surface area contributed by atoms with Gasteiger partial charge in [-0.3, -0.25) is 47.9 Å². The Hall–Kier alpha value is -6.96. The van der Waals surface area contributed by atoms with Gasteiger partial charge in [0.15, 0.2) is 0 Å². The van der Waals surface area contributed by atoms with Crippen LogP contribution in [0, 0.1) is 5.92 Å². The molecule has 0 aliphatic carbocycles. The van der Waals surface area contributed by atoms with Crippen molar-refractivity contribution in [1.29, 1.82) is 0 Å². The molecule has 2 aromatic rings. The second kappa shape index (κ2) is 42.8. The minimum Gasteiger partial charge on any atom is -0.508 e. The summed E-state index contributed by atoms with van der Waals surface area (Å²) in [4.78, 5) is 145. The number of carbonyl (C=O) groups is 10. The summed E-state index contributed by atoms with van der Waals surface area (Å²) < 4.78 is 0. The third kappa shape index (κ3) is 29.4. The largest absolute Gasteiger partial charge is 0.508 e. The number of aromatic hydroxyl groups is 1. The zero-order valence-corrected chi connectivity index (χ0v) is 50.8. The highest BCUT2D eigenvalue weighted by molar-refractivity contribution is 7.80. The fourth-order valence-corrected chi connectivity index (χ4v) is 9.32. The minimum absolute atomic E-state index is 0.0250. The summed E-state index contributed by atoms with van der Waals surface area (Å²) in [5.74, 6) is -7.90. The van der Waals surface area contributed by atoms with Gasteiger partial charge in [-0.1, -0.05) is 26.0 Å². The van der Waals surface area contributed by atoms with Crippen LogP contribution in [0.3, 0.4) is 0 Å². The van der Waals surface area contributed by atoms with Crippen LogP contribution in [0.2, 0.25) is 0 Å². The molecule has 484 valence electrons. The number of phenols is 1. The van der Waals surface area contributed by atoms with Gasteiger partial charge in [0.1, 0.15) is 60.1 Å². The number of imidazole rings is 1. The molecule has 25 N–H and O–H groups in total. The van der Waals surface area contributed by atoms with E-state index < -0.39 is 113 Å². The number of nitrogens with zero attached hydrogens (tertiary/aromatic N) is 1. The Balaban J connectivity index is 2.56. The summed E-state index contributed by atoms with van der Waals surface area (Å²) >= 11 is 4.11. The Morgan fingerprint density at radius 3 is 1.12 bits per heavy atom. The molecule has 0 saturated heterocycles. The molecule has 9 atom stereocenters. The Bertz CT molecular complexity index is 2390. The second-order valence-electron chi connectivity index (χ2n) is 21.6. The molecule has 0 saturated carbocycles. The molecular formula is C56H98N18O11S. The van der Waals surface area contributed by atoms with Gasteiger partial charge in [-0.05, 0) is 159 Å². The fraction of sp³-hybridized carbons (Fsp3) is 0.661. The SMILES string of the molecule is CC(C)CC(NC(=O)C(CCCCN)NC(=O)C(Cc1ccc(O)cc1)NC(=O)C(CCCCN)NC(=O)C(CCCCN)NC(=O)C(CCCCN)NC(=O)CN)C(=O)NC(CCCCN)C(=O)NC(Cc1cnc[nH]1)C(=O)NC(CS)C(N)=O. The third-order valence-corrected chi connectivity index (χ3v) is 14.3. The number of phenolic OH excluding ortho intramolecular Hbond substituents is 1. The molecule has 1 heterocycles. The third-order valence-electron chi connectivity index (χ3n) is 13.9. The molecule has 9 unspecified atom stereocenters.